The van der Waals surface area contributed by atoms with Gasteiger partial charge in [-0.3, -0.25) is 9.59 Å². The van der Waals surface area contributed by atoms with E-state index in [9.17, 15) is 19.8 Å². The molecule has 1 aliphatic rings. The summed E-state index contributed by atoms with van der Waals surface area (Å²) in [5, 5.41) is 20.3. The Kier molecular flexibility index (Phi) is 5.76. The number of carbonyl (C=O) groups is 2. The number of phenolic OH excluding ortho intramolecular Hbond substituents is 1. The first-order valence-corrected chi connectivity index (χ1v) is 8.76. The van der Waals surface area contributed by atoms with Gasteiger partial charge in [0.25, 0.3) is 5.91 Å². The summed E-state index contributed by atoms with van der Waals surface area (Å²) in [6.07, 6.45) is 0.707. The number of nitrogens with zero attached hydrogens (tertiary/aromatic N) is 2. The second-order valence-electron chi connectivity index (χ2n) is 7.99. The Bertz CT molecular complexity index is 732. The number of amides is 1. The van der Waals surface area contributed by atoms with Crippen LogP contribution >= 0.6 is 0 Å². The second-order valence-corrected chi connectivity index (χ2v) is 7.99. The maximum absolute atomic E-state index is 13.0. The van der Waals surface area contributed by atoms with Crippen LogP contribution in [0.2, 0.25) is 0 Å². The van der Waals surface area contributed by atoms with E-state index < -0.39 is 23.1 Å². The summed E-state index contributed by atoms with van der Waals surface area (Å²) in [7, 11) is 3.89. The molecule has 0 fully saturated rings. The molecule has 0 bridgehead atoms. The second kappa shape index (κ2) is 7.50. The third-order valence-corrected chi connectivity index (χ3v) is 4.42. The molecule has 1 aromatic carbocycles. The lowest BCUT2D eigenvalue weighted by Crippen LogP contribution is -2.34. The van der Waals surface area contributed by atoms with Crippen LogP contribution in [-0.2, 0) is 9.59 Å². The molecule has 1 unspecified atom stereocenters. The molecule has 1 aliphatic heterocycles. The first-order chi connectivity index (χ1) is 12.0. The summed E-state index contributed by atoms with van der Waals surface area (Å²) in [4.78, 5) is 29.2. The van der Waals surface area contributed by atoms with Gasteiger partial charge in [0.05, 0.1) is 11.6 Å². The number of rotatable bonds is 6. The molecule has 1 aromatic rings. The molecule has 1 atom stereocenters. The van der Waals surface area contributed by atoms with Gasteiger partial charge in [0.2, 0.25) is 0 Å². The Balaban J connectivity index is 2.47. The van der Waals surface area contributed by atoms with Crippen LogP contribution < -0.4 is 0 Å². The van der Waals surface area contributed by atoms with E-state index in [1.807, 2.05) is 19.0 Å². The molecule has 6 nitrogen and oxygen atoms in total. The fourth-order valence-electron chi connectivity index (χ4n) is 3.12. The van der Waals surface area contributed by atoms with Crippen molar-refractivity contribution in [1.82, 2.24) is 9.80 Å². The lowest BCUT2D eigenvalue weighted by Gasteiger charge is -2.29. The van der Waals surface area contributed by atoms with Crippen LogP contribution in [0.3, 0.4) is 0 Å². The summed E-state index contributed by atoms with van der Waals surface area (Å²) >= 11 is 0. The van der Waals surface area contributed by atoms with Gasteiger partial charge in [-0.25, -0.2) is 0 Å². The Morgan fingerprint density at radius 1 is 1.23 bits per heavy atom. The van der Waals surface area contributed by atoms with Crippen molar-refractivity contribution in [2.24, 2.45) is 5.41 Å². The Morgan fingerprint density at radius 2 is 1.88 bits per heavy atom. The van der Waals surface area contributed by atoms with Crippen molar-refractivity contribution in [2.45, 2.75) is 33.2 Å². The number of hydrogen-bond acceptors (Lipinski definition) is 5. The van der Waals surface area contributed by atoms with Gasteiger partial charge in [-0.2, -0.15) is 0 Å². The number of Topliss-reactive ketones (excluding diaryl/α,β-unsaturated/α-hetero) is 1. The first kappa shape index (κ1) is 20.0. The normalized spacial score (nSPS) is 18.2. The third kappa shape index (κ3) is 4.07. The predicted octanol–water partition coefficient (Wildman–Crippen LogP) is 2.65. The van der Waals surface area contributed by atoms with E-state index in [-0.39, 0.29) is 17.1 Å². The van der Waals surface area contributed by atoms with E-state index in [0.717, 1.165) is 6.54 Å². The highest BCUT2D eigenvalue weighted by Crippen LogP contribution is 2.41. The van der Waals surface area contributed by atoms with Crippen LogP contribution in [0, 0.1) is 5.41 Å². The zero-order chi connectivity index (χ0) is 19.6. The molecule has 2 rings (SSSR count). The number of ketones is 1. The smallest absolute Gasteiger partial charge is 0.290 e. The van der Waals surface area contributed by atoms with Crippen LogP contribution in [0.15, 0.2) is 35.6 Å². The third-order valence-electron chi connectivity index (χ3n) is 4.42. The van der Waals surface area contributed by atoms with E-state index in [1.54, 1.807) is 32.9 Å². The van der Waals surface area contributed by atoms with E-state index >= 15 is 0 Å². The van der Waals surface area contributed by atoms with Gasteiger partial charge in [-0.05, 0) is 44.8 Å². The van der Waals surface area contributed by atoms with E-state index in [1.165, 1.54) is 17.0 Å². The van der Waals surface area contributed by atoms with E-state index in [0.29, 0.717) is 18.5 Å². The summed E-state index contributed by atoms with van der Waals surface area (Å²) in [6, 6.07) is 5.80. The Morgan fingerprint density at radius 3 is 2.42 bits per heavy atom. The monoisotopic (exact) mass is 360 g/mol. The van der Waals surface area contributed by atoms with Crippen molar-refractivity contribution >= 4 is 11.7 Å². The molecule has 0 spiro atoms. The first-order valence-electron chi connectivity index (χ1n) is 8.76. The molecule has 0 radical (unpaired) electrons. The fraction of sp³-hybridized carbons (Fsp3) is 0.500. The molecule has 0 saturated carbocycles. The zero-order valence-corrected chi connectivity index (χ0v) is 16.1. The number of aliphatic hydroxyl groups is 1. The fourth-order valence-corrected chi connectivity index (χ4v) is 3.12. The summed E-state index contributed by atoms with van der Waals surface area (Å²) < 4.78 is 0. The average Bonchev–Trinajstić information content (AvgIpc) is 2.77. The van der Waals surface area contributed by atoms with Gasteiger partial charge in [0.1, 0.15) is 5.75 Å². The topological polar surface area (TPSA) is 81.1 Å². The minimum atomic E-state index is -0.738. The minimum absolute atomic E-state index is 0.0529. The summed E-state index contributed by atoms with van der Waals surface area (Å²) in [5.74, 6) is -1.24. The molecule has 142 valence electrons. The molecule has 2 N–H and O–H groups in total. The van der Waals surface area contributed by atoms with Crippen molar-refractivity contribution < 1.29 is 19.8 Å². The molecular weight excluding hydrogens is 332 g/mol. The zero-order valence-electron chi connectivity index (χ0n) is 16.1. The van der Waals surface area contributed by atoms with Crippen LogP contribution in [0.5, 0.6) is 5.75 Å². The molecule has 6 heteroatoms. The highest BCUT2D eigenvalue weighted by Gasteiger charge is 2.45. The number of aliphatic hydroxyl groups excluding tert-OH is 1. The van der Waals surface area contributed by atoms with Gasteiger partial charge in [0.15, 0.2) is 11.5 Å². The predicted molar refractivity (Wildman–Crippen MR) is 99.8 cm³/mol. The minimum Gasteiger partial charge on any atom is -0.508 e. The number of phenols is 1. The molecule has 0 aliphatic carbocycles. The van der Waals surface area contributed by atoms with Crippen LogP contribution in [0.1, 0.15) is 38.8 Å². The van der Waals surface area contributed by atoms with Crippen LogP contribution in [0.4, 0.5) is 0 Å². The number of aromatic hydroxyl groups is 1. The molecule has 26 heavy (non-hydrogen) atoms. The maximum atomic E-state index is 13.0. The molecular formula is C20H28N2O4. The van der Waals surface area contributed by atoms with Crippen LogP contribution in [0.25, 0.3) is 0 Å². The molecule has 1 heterocycles. The van der Waals surface area contributed by atoms with Crippen molar-refractivity contribution in [3.05, 3.63) is 41.2 Å². The van der Waals surface area contributed by atoms with E-state index in [4.69, 9.17) is 0 Å². The average molecular weight is 360 g/mol. The lowest BCUT2D eigenvalue weighted by atomic mass is 9.82. The van der Waals surface area contributed by atoms with Crippen molar-refractivity contribution in [3.63, 3.8) is 0 Å². The van der Waals surface area contributed by atoms with Gasteiger partial charge < -0.3 is 20.0 Å². The van der Waals surface area contributed by atoms with Crippen molar-refractivity contribution in [2.75, 3.05) is 27.2 Å². The van der Waals surface area contributed by atoms with Crippen LogP contribution in [-0.4, -0.2) is 58.9 Å². The maximum Gasteiger partial charge on any atom is 0.290 e. The van der Waals surface area contributed by atoms with Gasteiger partial charge in [0, 0.05) is 12.0 Å². The van der Waals surface area contributed by atoms with Gasteiger partial charge in [-0.1, -0.05) is 32.9 Å². The van der Waals surface area contributed by atoms with Gasteiger partial charge in [-0.15, -0.1) is 0 Å². The number of carbonyl (C=O) groups excluding carboxylic acids is 2. The summed E-state index contributed by atoms with van der Waals surface area (Å²) in [6.45, 7) is 6.46. The molecule has 0 saturated heterocycles. The number of hydrogen-bond donors (Lipinski definition) is 2. The molecule has 1 amide bonds. The SMILES string of the molecule is CN(C)CCCN1C(=O)C(O)=C(C(=O)C(C)(C)C)C1c1cccc(O)c1. The standard InChI is InChI=1S/C20H28N2O4/c1-20(2,3)18(25)15-16(13-8-6-9-14(23)12-13)22(19(26)17(15)24)11-7-10-21(4)5/h6,8-9,12,16,23-24H,7,10-11H2,1-5H3. The Labute approximate surface area is 154 Å². The lowest BCUT2D eigenvalue weighted by molar-refractivity contribution is -0.129. The highest BCUT2D eigenvalue weighted by molar-refractivity contribution is 6.10. The van der Waals surface area contributed by atoms with E-state index in [2.05, 4.69) is 0 Å². The van der Waals surface area contributed by atoms with Gasteiger partial charge >= 0.3 is 0 Å². The highest BCUT2D eigenvalue weighted by atomic mass is 16.3. The van der Waals surface area contributed by atoms with Crippen molar-refractivity contribution in [3.8, 4) is 5.75 Å². The quantitative estimate of drug-likeness (QED) is 0.815. The number of benzene rings is 1. The largest absolute Gasteiger partial charge is 0.508 e. The summed E-state index contributed by atoms with van der Waals surface area (Å²) in [5.41, 5.74) is -0.0176. The Hall–Kier alpha value is -2.34. The molecule has 0 aromatic heterocycles. The van der Waals surface area contributed by atoms with Crippen molar-refractivity contribution in [1.29, 1.82) is 0 Å².